The average Bonchev–Trinajstić information content (AvgIpc) is 3.55. The van der Waals surface area contributed by atoms with Gasteiger partial charge in [0.2, 0.25) is 5.91 Å². The Labute approximate surface area is 222 Å². The van der Waals surface area contributed by atoms with Gasteiger partial charge >= 0.3 is 6.03 Å². The van der Waals surface area contributed by atoms with E-state index in [9.17, 15) is 14.4 Å². The molecule has 4 aliphatic rings. The van der Waals surface area contributed by atoms with Crippen molar-refractivity contribution in [2.24, 2.45) is 17.3 Å². The molecule has 202 valence electrons. The van der Waals surface area contributed by atoms with Gasteiger partial charge in [0, 0.05) is 58.2 Å². The summed E-state index contributed by atoms with van der Waals surface area (Å²) < 4.78 is 0. The fourth-order valence-corrected chi connectivity index (χ4v) is 6.76. The zero-order valence-corrected chi connectivity index (χ0v) is 23.1. The van der Waals surface area contributed by atoms with E-state index in [-0.39, 0.29) is 23.3 Å². The maximum atomic E-state index is 13.5. The Kier molecular flexibility index (Phi) is 7.12. The van der Waals surface area contributed by atoms with Crippen molar-refractivity contribution in [2.75, 3.05) is 45.8 Å². The zero-order chi connectivity index (χ0) is 26.4. The number of rotatable bonds is 7. The van der Waals surface area contributed by atoms with E-state index in [1.165, 1.54) is 5.56 Å². The summed E-state index contributed by atoms with van der Waals surface area (Å²) in [5.74, 6) is 1.46. The van der Waals surface area contributed by atoms with Crippen LogP contribution in [-0.2, 0) is 9.59 Å². The summed E-state index contributed by atoms with van der Waals surface area (Å²) >= 11 is 0. The SMILES string of the molecule is CCN1C(=O)N(CC2CC2)C(=O)C12CCN(C[C@H]1CN(C(=O)CC(C)(C)C)C[C@@H]1c1ccccc1)CC2. The molecule has 0 N–H and O–H groups in total. The van der Waals surface area contributed by atoms with E-state index >= 15 is 0 Å². The molecule has 0 bridgehead atoms. The van der Waals surface area contributed by atoms with E-state index in [1.807, 2.05) is 17.9 Å². The summed E-state index contributed by atoms with van der Waals surface area (Å²) in [4.78, 5) is 47.7. The number of likely N-dealkylation sites (N-methyl/N-ethyl adjacent to an activating group) is 1. The fraction of sp³-hybridized carbons (Fsp3) is 0.700. The minimum absolute atomic E-state index is 0.0254. The van der Waals surface area contributed by atoms with Crippen molar-refractivity contribution in [2.45, 2.75) is 71.3 Å². The molecule has 3 aliphatic heterocycles. The normalized spacial score (nSPS) is 26.5. The van der Waals surface area contributed by atoms with Crippen molar-refractivity contribution >= 4 is 17.8 Å². The number of piperidine rings is 1. The first-order chi connectivity index (χ1) is 17.6. The number of carbonyl (C=O) groups excluding carboxylic acids is 3. The van der Waals surface area contributed by atoms with Gasteiger partial charge < -0.3 is 14.7 Å². The lowest BCUT2D eigenvalue weighted by Gasteiger charge is -2.42. The van der Waals surface area contributed by atoms with Gasteiger partial charge in [0.15, 0.2) is 0 Å². The van der Waals surface area contributed by atoms with Crippen molar-refractivity contribution < 1.29 is 14.4 Å². The molecule has 1 saturated carbocycles. The zero-order valence-electron chi connectivity index (χ0n) is 23.1. The second-order valence-corrected chi connectivity index (χ2v) is 13.0. The predicted octanol–water partition coefficient (Wildman–Crippen LogP) is 4.19. The Morgan fingerprint density at radius 2 is 1.68 bits per heavy atom. The largest absolute Gasteiger partial charge is 0.342 e. The van der Waals surface area contributed by atoms with E-state index < -0.39 is 5.54 Å². The lowest BCUT2D eigenvalue weighted by molar-refractivity contribution is -0.136. The second-order valence-electron chi connectivity index (χ2n) is 13.0. The minimum atomic E-state index is -0.666. The van der Waals surface area contributed by atoms with Crippen molar-refractivity contribution in [3.05, 3.63) is 35.9 Å². The number of urea groups is 1. The third-order valence-corrected chi connectivity index (χ3v) is 8.95. The maximum absolute atomic E-state index is 13.5. The van der Waals surface area contributed by atoms with Crippen LogP contribution < -0.4 is 0 Å². The summed E-state index contributed by atoms with van der Waals surface area (Å²) in [6.07, 6.45) is 4.21. The molecule has 0 radical (unpaired) electrons. The smallest absolute Gasteiger partial charge is 0.327 e. The van der Waals surface area contributed by atoms with Gasteiger partial charge in [0.25, 0.3) is 5.91 Å². The van der Waals surface area contributed by atoms with Crippen molar-refractivity contribution in [1.29, 1.82) is 0 Å². The first-order valence-electron chi connectivity index (χ1n) is 14.3. The Hall–Kier alpha value is -2.41. The molecule has 2 atom stereocenters. The highest BCUT2D eigenvalue weighted by atomic mass is 16.2. The lowest BCUT2D eigenvalue weighted by atomic mass is 9.84. The third-order valence-electron chi connectivity index (χ3n) is 8.95. The van der Waals surface area contributed by atoms with Crippen LogP contribution in [-0.4, -0.2) is 88.8 Å². The number of likely N-dealkylation sites (tertiary alicyclic amines) is 2. The number of amides is 4. The fourth-order valence-electron chi connectivity index (χ4n) is 6.76. The monoisotopic (exact) mass is 508 g/mol. The maximum Gasteiger partial charge on any atom is 0.327 e. The quantitative estimate of drug-likeness (QED) is 0.518. The standard InChI is InChI=1S/C30H44N4O3/c1-5-34-28(37)33(18-22-11-12-22)27(36)30(34)13-15-31(16-14-30)19-24-20-32(26(35)17-29(2,3)4)21-25(24)23-9-7-6-8-10-23/h6-10,22,24-25H,5,11-21H2,1-4H3/t24-,25+/m0/s1. The van der Waals surface area contributed by atoms with Crippen molar-refractivity contribution in [3.8, 4) is 0 Å². The lowest BCUT2D eigenvalue weighted by Crippen LogP contribution is -2.57. The van der Waals surface area contributed by atoms with Gasteiger partial charge in [0.05, 0.1) is 0 Å². The molecule has 4 amide bonds. The molecule has 5 rings (SSSR count). The molecule has 3 heterocycles. The van der Waals surface area contributed by atoms with Gasteiger partial charge in [-0.3, -0.25) is 14.5 Å². The van der Waals surface area contributed by atoms with Gasteiger partial charge in [-0.15, -0.1) is 0 Å². The van der Waals surface area contributed by atoms with E-state index in [4.69, 9.17) is 0 Å². The molecule has 7 heteroatoms. The Balaban J connectivity index is 1.27. The molecule has 1 spiro atoms. The van der Waals surface area contributed by atoms with Crippen LogP contribution in [0.3, 0.4) is 0 Å². The van der Waals surface area contributed by atoms with E-state index in [0.29, 0.717) is 50.1 Å². The van der Waals surface area contributed by atoms with Crippen LogP contribution in [0.2, 0.25) is 0 Å². The summed E-state index contributed by atoms with van der Waals surface area (Å²) in [5.41, 5.74) is 0.611. The topological polar surface area (TPSA) is 64.2 Å². The third kappa shape index (κ3) is 5.29. The highest BCUT2D eigenvalue weighted by Gasteiger charge is 2.58. The molecule has 1 aliphatic carbocycles. The molecule has 0 unspecified atom stereocenters. The van der Waals surface area contributed by atoms with E-state index in [0.717, 1.165) is 45.6 Å². The summed E-state index contributed by atoms with van der Waals surface area (Å²) in [6.45, 7) is 13.6. The number of imide groups is 1. The van der Waals surface area contributed by atoms with Crippen LogP contribution in [0.15, 0.2) is 30.3 Å². The summed E-state index contributed by atoms with van der Waals surface area (Å²) in [5, 5.41) is 0. The van der Waals surface area contributed by atoms with Crippen LogP contribution in [0.25, 0.3) is 0 Å². The molecule has 4 fully saturated rings. The highest BCUT2D eigenvalue weighted by molar-refractivity contribution is 6.07. The van der Waals surface area contributed by atoms with Gasteiger partial charge in [-0.25, -0.2) is 4.79 Å². The molecule has 37 heavy (non-hydrogen) atoms. The van der Waals surface area contributed by atoms with Gasteiger partial charge in [0.1, 0.15) is 5.54 Å². The molecule has 1 aromatic carbocycles. The molecular formula is C30H44N4O3. The number of hydrogen-bond acceptors (Lipinski definition) is 4. The minimum Gasteiger partial charge on any atom is -0.342 e. The number of hydrogen-bond donors (Lipinski definition) is 0. The second kappa shape index (κ2) is 10.0. The van der Waals surface area contributed by atoms with Crippen molar-refractivity contribution in [1.82, 2.24) is 19.6 Å². The first-order valence-corrected chi connectivity index (χ1v) is 14.3. The Morgan fingerprint density at radius 3 is 2.27 bits per heavy atom. The number of benzene rings is 1. The van der Waals surface area contributed by atoms with Crippen LogP contribution in [0, 0.1) is 17.3 Å². The predicted molar refractivity (Wildman–Crippen MR) is 144 cm³/mol. The average molecular weight is 509 g/mol. The number of carbonyl (C=O) groups is 3. The van der Waals surface area contributed by atoms with Crippen LogP contribution >= 0.6 is 0 Å². The van der Waals surface area contributed by atoms with Gasteiger partial charge in [-0.1, -0.05) is 51.1 Å². The summed E-state index contributed by atoms with van der Waals surface area (Å²) in [6, 6.07) is 10.5. The Bertz CT molecular complexity index is 1010. The first kappa shape index (κ1) is 26.2. The van der Waals surface area contributed by atoms with Gasteiger partial charge in [-0.05, 0) is 55.4 Å². The summed E-state index contributed by atoms with van der Waals surface area (Å²) in [7, 11) is 0. The van der Waals surface area contributed by atoms with E-state index in [1.54, 1.807) is 4.90 Å². The van der Waals surface area contributed by atoms with Crippen LogP contribution in [0.1, 0.15) is 71.3 Å². The molecule has 0 aromatic heterocycles. The van der Waals surface area contributed by atoms with Crippen LogP contribution in [0.5, 0.6) is 0 Å². The molecular weight excluding hydrogens is 464 g/mol. The van der Waals surface area contributed by atoms with Crippen molar-refractivity contribution in [3.63, 3.8) is 0 Å². The number of nitrogens with zero attached hydrogens (tertiary/aromatic N) is 4. The Morgan fingerprint density at radius 1 is 1.00 bits per heavy atom. The molecule has 1 aromatic rings. The highest BCUT2D eigenvalue weighted by Crippen LogP contribution is 2.41. The van der Waals surface area contributed by atoms with E-state index in [2.05, 4.69) is 54.8 Å². The molecule has 3 saturated heterocycles. The van der Waals surface area contributed by atoms with Gasteiger partial charge in [-0.2, -0.15) is 0 Å². The molecule has 7 nitrogen and oxygen atoms in total. The van der Waals surface area contributed by atoms with Crippen LogP contribution in [0.4, 0.5) is 4.79 Å².